The summed E-state index contributed by atoms with van der Waals surface area (Å²) >= 11 is 11.9. The lowest BCUT2D eigenvalue weighted by Crippen LogP contribution is -1.97. The van der Waals surface area contributed by atoms with E-state index < -0.39 is 4.92 Å². The molecule has 0 N–H and O–H groups in total. The largest absolute Gasteiger partial charge is 0.437 e. The van der Waals surface area contributed by atoms with Crippen molar-refractivity contribution in [2.24, 2.45) is 0 Å². The zero-order chi connectivity index (χ0) is 14.7. The number of hydrogen-bond donors (Lipinski definition) is 0. The van der Waals surface area contributed by atoms with Gasteiger partial charge in [-0.05, 0) is 12.5 Å². The molecule has 0 saturated carbocycles. The Morgan fingerprint density at radius 3 is 2.75 bits per heavy atom. The number of nitro benzene ring substituents is 1. The van der Waals surface area contributed by atoms with Crippen LogP contribution in [0.15, 0.2) is 24.5 Å². The predicted octanol–water partition coefficient (Wildman–Crippen LogP) is 4.05. The van der Waals surface area contributed by atoms with Gasteiger partial charge in [-0.25, -0.2) is 9.97 Å². The Bertz CT molecular complexity index is 664. The van der Waals surface area contributed by atoms with Gasteiger partial charge in [-0.3, -0.25) is 10.1 Å². The molecule has 8 heteroatoms. The van der Waals surface area contributed by atoms with Crippen LogP contribution >= 0.6 is 23.2 Å². The van der Waals surface area contributed by atoms with Crippen molar-refractivity contribution in [3.8, 4) is 11.6 Å². The van der Waals surface area contributed by atoms with Crippen LogP contribution in [0.5, 0.6) is 11.6 Å². The number of hydrogen-bond acceptors (Lipinski definition) is 5. The molecule has 0 fully saturated rings. The van der Waals surface area contributed by atoms with Crippen molar-refractivity contribution in [3.05, 3.63) is 50.4 Å². The van der Waals surface area contributed by atoms with E-state index in [4.69, 9.17) is 27.9 Å². The van der Waals surface area contributed by atoms with Gasteiger partial charge in [0.2, 0.25) is 5.88 Å². The third-order valence-electron chi connectivity index (χ3n) is 2.54. The average molecular weight is 314 g/mol. The van der Waals surface area contributed by atoms with Crippen LogP contribution < -0.4 is 4.74 Å². The molecule has 1 aromatic carbocycles. The van der Waals surface area contributed by atoms with Crippen molar-refractivity contribution in [3.63, 3.8) is 0 Å². The van der Waals surface area contributed by atoms with Gasteiger partial charge in [0.05, 0.1) is 21.6 Å². The molecule has 0 atom stereocenters. The number of halogens is 2. The normalized spacial score (nSPS) is 10.3. The second kappa shape index (κ2) is 6.02. The molecule has 0 saturated heterocycles. The van der Waals surface area contributed by atoms with Gasteiger partial charge in [0.15, 0.2) is 5.75 Å². The fraction of sp³-hybridized carbons (Fsp3) is 0.167. The first-order valence-electron chi connectivity index (χ1n) is 5.64. The van der Waals surface area contributed by atoms with Crippen molar-refractivity contribution in [2.75, 3.05) is 0 Å². The van der Waals surface area contributed by atoms with Gasteiger partial charge in [0.1, 0.15) is 11.5 Å². The zero-order valence-electron chi connectivity index (χ0n) is 10.3. The van der Waals surface area contributed by atoms with E-state index in [0.717, 1.165) is 0 Å². The first-order valence-corrected chi connectivity index (χ1v) is 6.39. The van der Waals surface area contributed by atoms with Crippen LogP contribution in [0.3, 0.4) is 0 Å². The lowest BCUT2D eigenvalue weighted by atomic mass is 10.2. The summed E-state index contributed by atoms with van der Waals surface area (Å²) in [5.74, 6) is 0.375. The molecule has 0 spiro atoms. The molecule has 0 amide bonds. The fourth-order valence-electron chi connectivity index (χ4n) is 1.55. The molecule has 0 radical (unpaired) electrons. The predicted molar refractivity (Wildman–Crippen MR) is 74.6 cm³/mol. The highest BCUT2D eigenvalue weighted by Crippen LogP contribution is 2.34. The van der Waals surface area contributed by atoms with Crippen LogP contribution in [0.1, 0.15) is 12.5 Å². The molecule has 104 valence electrons. The molecule has 0 aliphatic rings. The third-order valence-corrected chi connectivity index (χ3v) is 3.18. The van der Waals surface area contributed by atoms with E-state index in [0.29, 0.717) is 12.0 Å². The standard InChI is InChI=1S/C12H9Cl2N3O3/c1-2-8-11(14)15-6-16-12(8)20-10-5-7(17(18)19)3-4-9(10)13/h3-6H,2H2,1H3. The molecule has 0 aliphatic heterocycles. The number of nitrogens with zero attached hydrogens (tertiary/aromatic N) is 3. The molecular formula is C12H9Cl2N3O3. The van der Waals surface area contributed by atoms with E-state index in [9.17, 15) is 10.1 Å². The van der Waals surface area contributed by atoms with E-state index >= 15 is 0 Å². The van der Waals surface area contributed by atoms with E-state index in [-0.39, 0.29) is 27.5 Å². The minimum Gasteiger partial charge on any atom is -0.437 e. The van der Waals surface area contributed by atoms with Gasteiger partial charge in [-0.15, -0.1) is 0 Å². The Balaban J connectivity index is 2.42. The van der Waals surface area contributed by atoms with Gasteiger partial charge in [0, 0.05) is 6.07 Å². The number of ether oxygens (including phenoxy) is 1. The molecule has 20 heavy (non-hydrogen) atoms. The molecule has 0 aliphatic carbocycles. The van der Waals surface area contributed by atoms with Crippen LogP contribution in [0.4, 0.5) is 5.69 Å². The lowest BCUT2D eigenvalue weighted by molar-refractivity contribution is -0.384. The van der Waals surface area contributed by atoms with Crippen molar-refractivity contribution >= 4 is 28.9 Å². The Hall–Kier alpha value is -1.92. The second-order valence-corrected chi connectivity index (χ2v) is 4.54. The quantitative estimate of drug-likeness (QED) is 0.483. The molecule has 6 nitrogen and oxygen atoms in total. The fourth-order valence-corrected chi connectivity index (χ4v) is 1.96. The van der Waals surface area contributed by atoms with Crippen LogP contribution in [0.2, 0.25) is 10.2 Å². The maximum Gasteiger partial charge on any atom is 0.273 e. The van der Waals surface area contributed by atoms with Gasteiger partial charge >= 0.3 is 0 Å². The number of rotatable bonds is 4. The lowest BCUT2D eigenvalue weighted by Gasteiger charge is -2.10. The van der Waals surface area contributed by atoms with Gasteiger partial charge in [-0.1, -0.05) is 30.1 Å². The highest BCUT2D eigenvalue weighted by Gasteiger charge is 2.15. The highest BCUT2D eigenvalue weighted by molar-refractivity contribution is 6.32. The topological polar surface area (TPSA) is 78.2 Å². The Morgan fingerprint density at radius 2 is 2.10 bits per heavy atom. The molecule has 1 heterocycles. The van der Waals surface area contributed by atoms with E-state index in [1.807, 2.05) is 6.92 Å². The number of aromatic nitrogens is 2. The van der Waals surface area contributed by atoms with Gasteiger partial charge in [0.25, 0.3) is 5.69 Å². The second-order valence-electron chi connectivity index (χ2n) is 3.78. The van der Waals surface area contributed by atoms with Gasteiger partial charge in [-0.2, -0.15) is 0 Å². The van der Waals surface area contributed by atoms with Crippen LogP contribution in [-0.4, -0.2) is 14.9 Å². The maximum absolute atomic E-state index is 10.8. The summed E-state index contributed by atoms with van der Waals surface area (Å²) in [6.07, 6.45) is 1.81. The first kappa shape index (κ1) is 14.5. The van der Waals surface area contributed by atoms with E-state index in [2.05, 4.69) is 9.97 Å². The number of non-ortho nitro benzene ring substituents is 1. The molecule has 0 bridgehead atoms. The first-order chi connectivity index (χ1) is 9.52. The van der Waals surface area contributed by atoms with Crippen molar-refractivity contribution in [2.45, 2.75) is 13.3 Å². The van der Waals surface area contributed by atoms with Gasteiger partial charge < -0.3 is 4.74 Å². The summed E-state index contributed by atoms with van der Waals surface area (Å²) < 4.78 is 5.53. The summed E-state index contributed by atoms with van der Waals surface area (Å²) in [5, 5.41) is 11.3. The summed E-state index contributed by atoms with van der Waals surface area (Å²) in [6.45, 7) is 1.87. The van der Waals surface area contributed by atoms with E-state index in [1.165, 1.54) is 24.5 Å². The Labute approximate surface area is 124 Å². The number of nitro groups is 1. The van der Waals surface area contributed by atoms with E-state index in [1.54, 1.807) is 0 Å². The summed E-state index contributed by atoms with van der Waals surface area (Å²) in [4.78, 5) is 18.1. The molecule has 2 rings (SSSR count). The third kappa shape index (κ3) is 2.97. The van der Waals surface area contributed by atoms with Crippen molar-refractivity contribution < 1.29 is 9.66 Å². The zero-order valence-corrected chi connectivity index (χ0v) is 11.9. The van der Waals surface area contributed by atoms with Crippen LogP contribution in [-0.2, 0) is 6.42 Å². The molecule has 1 aromatic heterocycles. The Kier molecular flexibility index (Phi) is 4.36. The minimum absolute atomic E-state index is 0.123. The summed E-state index contributed by atoms with van der Waals surface area (Å²) in [6, 6.07) is 3.92. The van der Waals surface area contributed by atoms with Crippen LogP contribution in [0.25, 0.3) is 0 Å². The number of benzene rings is 1. The molecular weight excluding hydrogens is 305 g/mol. The molecule has 2 aromatic rings. The highest BCUT2D eigenvalue weighted by atomic mass is 35.5. The summed E-state index contributed by atoms with van der Waals surface area (Å²) in [7, 11) is 0. The Morgan fingerprint density at radius 1 is 1.35 bits per heavy atom. The van der Waals surface area contributed by atoms with Crippen molar-refractivity contribution in [1.82, 2.24) is 9.97 Å². The van der Waals surface area contributed by atoms with Crippen molar-refractivity contribution in [1.29, 1.82) is 0 Å². The maximum atomic E-state index is 10.8. The molecule has 0 unspecified atom stereocenters. The average Bonchev–Trinajstić information content (AvgIpc) is 2.41. The SMILES string of the molecule is CCc1c(Cl)ncnc1Oc1cc([N+](=O)[O-])ccc1Cl. The minimum atomic E-state index is -0.531. The smallest absolute Gasteiger partial charge is 0.273 e. The van der Waals surface area contributed by atoms with Crippen LogP contribution in [0, 0.1) is 10.1 Å². The summed E-state index contributed by atoms with van der Waals surface area (Å²) in [5.41, 5.74) is 0.486. The monoisotopic (exact) mass is 313 g/mol.